The predicted molar refractivity (Wildman–Crippen MR) is 62.8 cm³/mol. The quantitative estimate of drug-likeness (QED) is 0.713. The van der Waals surface area contributed by atoms with Gasteiger partial charge in [0.05, 0.1) is 13.0 Å². The molecule has 0 saturated carbocycles. The summed E-state index contributed by atoms with van der Waals surface area (Å²) in [6, 6.07) is 9.74. The van der Waals surface area contributed by atoms with Crippen molar-refractivity contribution in [1.29, 1.82) is 0 Å². The minimum atomic E-state index is -0.161. The maximum absolute atomic E-state index is 11.5. The van der Waals surface area contributed by atoms with E-state index >= 15 is 0 Å². The zero-order chi connectivity index (χ0) is 10.6. The van der Waals surface area contributed by atoms with Gasteiger partial charge < -0.3 is 4.74 Å². The number of ether oxygens (including phenoxy) is 1. The second kappa shape index (κ2) is 6.23. The number of hydrogen-bond acceptors (Lipinski definition) is 2. The third kappa shape index (κ3) is 3.39. The molecule has 0 aliphatic heterocycles. The molecule has 0 heterocycles. The molecule has 1 aromatic rings. The molecule has 0 bridgehead atoms. The van der Waals surface area contributed by atoms with Crippen LogP contribution in [0.3, 0.4) is 0 Å². The van der Waals surface area contributed by atoms with E-state index in [1.54, 1.807) is 0 Å². The van der Waals surface area contributed by atoms with Crippen LogP contribution in [0, 0.1) is 5.92 Å². The van der Waals surface area contributed by atoms with Gasteiger partial charge in [0.25, 0.3) is 0 Å². The van der Waals surface area contributed by atoms with Gasteiger partial charge in [-0.05, 0) is 11.5 Å². The number of benzene rings is 1. The molecule has 0 aliphatic carbocycles. The molecule has 1 atom stereocenters. The summed E-state index contributed by atoms with van der Waals surface area (Å²) in [6.07, 6.45) is 0. The monoisotopic (exact) mass is 208 g/mol. The Morgan fingerprint density at radius 2 is 1.73 bits per heavy atom. The molecule has 0 spiro atoms. The highest BCUT2D eigenvalue weighted by atomic mass is 16.5. The SMILES string of the molecule is C.COC(=O)[C@H](c1ccccc1)C(C)C. The van der Waals surface area contributed by atoms with E-state index in [1.807, 2.05) is 44.2 Å². The lowest BCUT2D eigenvalue weighted by Gasteiger charge is -2.18. The number of carbonyl (C=O) groups is 1. The molecule has 0 aromatic heterocycles. The fourth-order valence-corrected chi connectivity index (χ4v) is 1.58. The Kier molecular flexibility index (Phi) is 5.68. The molecule has 2 heteroatoms. The summed E-state index contributed by atoms with van der Waals surface area (Å²) in [5.41, 5.74) is 1.02. The Labute approximate surface area is 92.3 Å². The Bertz CT molecular complexity index is 291. The molecule has 84 valence electrons. The first-order chi connectivity index (χ1) is 6.66. The minimum absolute atomic E-state index is 0. The normalized spacial score (nSPS) is 11.7. The molecule has 0 amide bonds. The van der Waals surface area contributed by atoms with Crippen LogP contribution < -0.4 is 0 Å². The molecule has 1 rings (SSSR count). The van der Waals surface area contributed by atoms with Crippen LogP contribution in [0.5, 0.6) is 0 Å². The van der Waals surface area contributed by atoms with Crippen molar-refractivity contribution in [2.24, 2.45) is 5.92 Å². The van der Waals surface area contributed by atoms with Gasteiger partial charge in [-0.25, -0.2) is 0 Å². The summed E-state index contributed by atoms with van der Waals surface area (Å²) < 4.78 is 4.79. The largest absolute Gasteiger partial charge is 0.469 e. The van der Waals surface area contributed by atoms with Crippen molar-refractivity contribution in [3.8, 4) is 0 Å². The molecule has 0 aliphatic rings. The second-order valence-electron chi connectivity index (χ2n) is 3.66. The van der Waals surface area contributed by atoms with Gasteiger partial charge in [-0.15, -0.1) is 0 Å². The molecule has 1 aromatic carbocycles. The van der Waals surface area contributed by atoms with Crippen molar-refractivity contribution in [3.05, 3.63) is 35.9 Å². The molecular formula is C13H20O2. The van der Waals surface area contributed by atoms with Crippen LogP contribution in [0.25, 0.3) is 0 Å². The van der Waals surface area contributed by atoms with E-state index in [9.17, 15) is 4.79 Å². The van der Waals surface area contributed by atoms with Gasteiger partial charge in [-0.3, -0.25) is 4.79 Å². The van der Waals surface area contributed by atoms with Gasteiger partial charge in [-0.2, -0.15) is 0 Å². The first kappa shape index (κ1) is 13.7. The zero-order valence-corrected chi connectivity index (χ0v) is 8.86. The number of hydrogen-bond donors (Lipinski definition) is 0. The van der Waals surface area contributed by atoms with Gasteiger partial charge in [0.2, 0.25) is 0 Å². The average molecular weight is 208 g/mol. The van der Waals surface area contributed by atoms with E-state index in [0.29, 0.717) is 0 Å². The molecule has 0 unspecified atom stereocenters. The fraction of sp³-hybridized carbons (Fsp3) is 0.462. The molecule has 2 nitrogen and oxygen atoms in total. The molecule has 0 saturated heterocycles. The smallest absolute Gasteiger partial charge is 0.313 e. The van der Waals surface area contributed by atoms with E-state index in [-0.39, 0.29) is 25.2 Å². The van der Waals surface area contributed by atoms with Crippen molar-refractivity contribution in [1.82, 2.24) is 0 Å². The van der Waals surface area contributed by atoms with Crippen LogP contribution in [0.1, 0.15) is 32.8 Å². The second-order valence-corrected chi connectivity index (χ2v) is 3.66. The number of esters is 1. The summed E-state index contributed by atoms with van der Waals surface area (Å²) >= 11 is 0. The molecule has 15 heavy (non-hydrogen) atoms. The van der Waals surface area contributed by atoms with Crippen LogP contribution in [-0.2, 0) is 9.53 Å². The Morgan fingerprint density at radius 3 is 2.13 bits per heavy atom. The molecule has 0 radical (unpaired) electrons. The summed E-state index contributed by atoms with van der Waals surface area (Å²) in [5.74, 6) is -0.0581. The van der Waals surface area contributed by atoms with Crippen LogP contribution in [0.15, 0.2) is 30.3 Å². The Morgan fingerprint density at radius 1 is 1.20 bits per heavy atom. The summed E-state index contributed by atoms with van der Waals surface area (Å²) in [5, 5.41) is 0. The minimum Gasteiger partial charge on any atom is -0.469 e. The van der Waals surface area contributed by atoms with Gasteiger partial charge in [0.1, 0.15) is 0 Å². The Hall–Kier alpha value is -1.31. The van der Waals surface area contributed by atoms with Crippen LogP contribution in [0.2, 0.25) is 0 Å². The zero-order valence-electron chi connectivity index (χ0n) is 8.86. The maximum atomic E-state index is 11.5. The highest BCUT2D eigenvalue weighted by Crippen LogP contribution is 2.25. The van der Waals surface area contributed by atoms with Crippen LogP contribution in [0.4, 0.5) is 0 Å². The lowest BCUT2D eigenvalue weighted by molar-refractivity contribution is -0.143. The van der Waals surface area contributed by atoms with Crippen LogP contribution >= 0.6 is 0 Å². The van der Waals surface area contributed by atoms with E-state index in [0.717, 1.165) is 5.56 Å². The predicted octanol–water partition coefficient (Wildman–Crippen LogP) is 3.24. The number of methoxy groups -OCH3 is 1. The highest BCUT2D eigenvalue weighted by molar-refractivity contribution is 5.78. The molecule has 0 N–H and O–H groups in total. The standard InChI is InChI=1S/C12H16O2.CH4/c1-9(2)11(12(13)14-3)10-7-5-4-6-8-10;/h4-9,11H,1-3H3;1H4/t11-;/m0./s1. The first-order valence-corrected chi connectivity index (χ1v) is 4.79. The first-order valence-electron chi connectivity index (χ1n) is 4.79. The lowest BCUT2D eigenvalue weighted by Crippen LogP contribution is -2.19. The fourth-order valence-electron chi connectivity index (χ4n) is 1.58. The third-order valence-corrected chi connectivity index (χ3v) is 2.28. The van der Waals surface area contributed by atoms with E-state index in [4.69, 9.17) is 4.74 Å². The number of carbonyl (C=O) groups excluding carboxylic acids is 1. The van der Waals surface area contributed by atoms with Crippen LogP contribution in [-0.4, -0.2) is 13.1 Å². The molecular weight excluding hydrogens is 188 g/mol. The van der Waals surface area contributed by atoms with Crippen molar-refractivity contribution in [2.75, 3.05) is 7.11 Å². The maximum Gasteiger partial charge on any atom is 0.313 e. The van der Waals surface area contributed by atoms with Crippen molar-refractivity contribution < 1.29 is 9.53 Å². The van der Waals surface area contributed by atoms with Crippen molar-refractivity contribution in [2.45, 2.75) is 27.2 Å². The van der Waals surface area contributed by atoms with E-state index in [2.05, 4.69) is 0 Å². The average Bonchev–Trinajstić information content (AvgIpc) is 2.19. The number of rotatable bonds is 3. The van der Waals surface area contributed by atoms with Gasteiger partial charge in [0.15, 0.2) is 0 Å². The van der Waals surface area contributed by atoms with Gasteiger partial charge in [0, 0.05) is 0 Å². The third-order valence-electron chi connectivity index (χ3n) is 2.28. The van der Waals surface area contributed by atoms with E-state index < -0.39 is 0 Å². The highest BCUT2D eigenvalue weighted by Gasteiger charge is 2.24. The Balaban J connectivity index is 0.00000196. The van der Waals surface area contributed by atoms with Gasteiger partial charge in [-0.1, -0.05) is 51.6 Å². The van der Waals surface area contributed by atoms with E-state index in [1.165, 1.54) is 7.11 Å². The molecule has 0 fully saturated rings. The van der Waals surface area contributed by atoms with Crippen molar-refractivity contribution in [3.63, 3.8) is 0 Å². The summed E-state index contributed by atoms with van der Waals surface area (Å²) in [7, 11) is 1.43. The van der Waals surface area contributed by atoms with Gasteiger partial charge >= 0.3 is 5.97 Å². The van der Waals surface area contributed by atoms with Crippen molar-refractivity contribution >= 4 is 5.97 Å². The topological polar surface area (TPSA) is 26.3 Å². The summed E-state index contributed by atoms with van der Waals surface area (Å²) in [4.78, 5) is 11.5. The lowest BCUT2D eigenvalue weighted by atomic mass is 9.89. The summed E-state index contributed by atoms with van der Waals surface area (Å²) in [6.45, 7) is 4.04.